The molecule has 2 amide bonds. The second-order valence-corrected chi connectivity index (χ2v) is 23.7. The van der Waals surface area contributed by atoms with Crippen LogP contribution in [0.4, 0.5) is 0 Å². The fourth-order valence-electron chi connectivity index (χ4n) is 7.83. The van der Waals surface area contributed by atoms with Crippen LogP contribution in [0.15, 0.2) is 21.9 Å². The molecule has 348 valence electrons. The molecule has 60 heavy (non-hydrogen) atoms. The summed E-state index contributed by atoms with van der Waals surface area (Å²) in [5, 5.41) is 0.832. The number of carbonyl (C=O) groups excluding carboxylic acids is 2. The molecule has 1 fully saturated rings. The molecule has 12 heteroatoms. The third-order valence-corrected chi connectivity index (χ3v) is 17.2. The van der Waals surface area contributed by atoms with Crippen molar-refractivity contribution >= 4 is 20.1 Å². The van der Waals surface area contributed by atoms with Crippen LogP contribution in [0.3, 0.4) is 0 Å². The third-order valence-electron chi connectivity index (χ3n) is 12.7. The summed E-state index contributed by atoms with van der Waals surface area (Å²) in [7, 11) is -0.886. The van der Waals surface area contributed by atoms with Crippen LogP contribution in [0.25, 0.3) is 0 Å². The van der Waals surface area contributed by atoms with Gasteiger partial charge in [0.15, 0.2) is 14.5 Å². The van der Waals surface area contributed by atoms with Crippen molar-refractivity contribution in [2.24, 2.45) is 0 Å². The van der Waals surface area contributed by atoms with Gasteiger partial charge in [-0.15, -0.1) is 0 Å². The summed E-state index contributed by atoms with van der Waals surface area (Å²) in [6.07, 6.45) is 30.1. The highest BCUT2D eigenvalue weighted by Crippen LogP contribution is 2.42. The number of imide groups is 1. The van der Waals surface area contributed by atoms with Crippen molar-refractivity contribution in [3.63, 3.8) is 0 Å². The lowest BCUT2D eigenvalue weighted by atomic mass is 10.0. The zero-order valence-corrected chi connectivity index (χ0v) is 40.6. The fourth-order valence-corrected chi connectivity index (χ4v) is 9.15. The van der Waals surface area contributed by atoms with Gasteiger partial charge >= 0.3 is 5.69 Å². The largest absolute Gasteiger partial charge is 0.408 e. The number of hydroxylamine groups is 2. The first-order valence-corrected chi connectivity index (χ1v) is 27.3. The molecule has 1 N–H and O–H groups in total. The van der Waals surface area contributed by atoms with E-state index in [0.29, 0.717) is 12.8 Å². The number of nitrogens with one attached hydrogen (secondary N) is 1. The van der Waals surface area contributed by atoms with Crippen LogP contribution in [0.1, 0.15) is 221 Å². The molecule has 0 bridgehead atoms. The van der Waals surface area contributed by atoms with Crippen LogP contribution in [-0.2, 0) is 28.3 Å². The molecule has 2 unspecified atom stereocenters. The SMILES string of the molecule is CCCCCCCCCCCCCCCC(=O)N(OC[C@H]1O[C@@H](n2ccc(=O)[nH]c2=O)C(OC)C1O[Si](C)(C)C(C)(C)C)C(=O)CCCCCCCCCCCCCCC. The molecular formula is C48H89N3O8Si. The maximum absolute atomic E-state index is 13.8. The van der Waals surface area contributed by atoms with E-state index < -0.39 is 44.1 Å². The quantitative estimate of drug-likeness (QED) is 0.0406. The summed E-state index contributed by atoms with van der Waals surface area (Å²) in [5.41, 5.74) is -1.15. The molecule has 0 aromatic carbocycles. The molecule has 0 aliphatic carbocycles. The van der Waals surface area contributed by atoms with E-state index >= 15 is 0 Å². The lowest BCUT2D eigenvalue weighted by Gasteiger charge is -2.40. The number of ether oxygens (including phenoxy) is 2. The molecular weight excluding hydrogens is 775 g/mol. The van der Waals surface area contributed by atoms with E-state index in [0.717, 1.165) is 43.6 Å². The van der Waals surface area contributed by atoms with Crippen LogP contribution in [0.5, 0.6) is 0 Å². The van der Waals surface area contributed by atoms with Crippen molar-refractivity contribution in [1.82, 2.24) is 14.6 Å². The maximum atomic E-state index is 13.8. The second-order valence-electron chi connectivity index (χ2n) is 19.0. The number of nitrogens with zero attached hydrogens (tertiary/aromatic N) is 2. The van der Waals surface area contributed by atoms with Crippen molar-refractivity contribution in [1.29, 1.82) is 0 Å². The lowest BCUT2D eigenvalue weighted by Crippen LogP contribution is -2.51. The maximum Gasteiger partial charge on any atom is 0.330 e. The molecule has 11 nitrogen and oxygen atoms in total. The number of aromatic nitrogens is 2. The number of methoxy groups -OCH3 is 1. The highest BCUT2D eigenvalue weighted by atomic mass is 28.4. The summed E-state index contributed by atoms with van der Waals surface area (Å²) < 4.78 is 20.6. The summed E-state index contributed by atoms with van der Waals surface area (Å²) in [5.74, 6) is -0.677. The molecule has 0 radical (unpaired) electrons. The van der Waals surface area contributed by atoms with Gasteiger partial charge in [0, 0.05) is 32.2 Å². The van der Waals surface area contributed by atoms with Gasteiger partial charge in [-0.25, -0.2) is 4.79 Å². The third kappa shape index (κ3) is 20.8. The van der Waals surface area contributed by atoms with Gasteiger partial charge in [-0.2, -0.15) is 5.06 Å². The molecule has 1 aliphatic heterocycles. The average molecular weight is 864 g/mol. The molecule has 1 aromatic rings. The number of rotatable bonds is 35. The fraction of sp³-hybridized carbons (Fsp3) is 0.875. The summed E-state index contributed by atoms with van der Waals surface area (Å²) >= 11 is 0. The van der Waals surface area contributed by atoms with E-state index in [2.05, 4.69) is 52.7 Å². The Kier molecular flexibility index (Phi) is 27.8. The highest BCUT2D eigenvalue weighted by Gasteiger charge is 2.52. The zero-order valence-electron chi connectivity index (χ0n) is 39.6. The Bertz CT molecular complexity index is 1370. The summed E-state index contributed by atoms with van der Waals surface area (Å²) in [6.45, 7) is 15.0. The predicted octanol–water partition coefficient (Wildman–Crippen LogP) is 12.1. The first kappa shape index (κ1) is 54.0. The zero-order chi connectivity index (χ0) is 44.2. The number of aromatic amines is 1. The Morgan fingerprint density at radius 1 is 0.683 bits per heavy atom. The van der Waals surface area contributed by atoms with Crippen molar-refractivity contribution in [3.8, 4) is 0 Å². The van der Waals surface area contributed by atoms with Crippen molar-refractivity contribution < 1.29 is 28.3 Å². The van der Waals surface area contributed by atoms with Crippen LogP contribution in [-0.4, -0.2) is 66.8 Å². The number of hydrogen-bond acceptors (Lipinski definition) is 8. The number of unbranched alkanes of at least 4 members (excludes halogenated alkanes) is 24. The lowest BCUT2D eigenvalue weighted by molar-refractivity contribution is -0.207. The summed E-state index contributed by atoms with van der Waals surface area (Å²) in [6, 6.07) is 1.26. The molecule has 1 aliphatic rings. The summed E-state index contributed by atoms with van der Waals surface area (Å²) in [4.78, 5) is 60.8. The van der Waals surface area contributed by atoms with Gasteiger partial charge in [0.2, 0.25) is 0 Å². The topological polar surface area (TPSA) is 129 Å². The molecule has 2 rings (SSSR count). The first-order valence-electron chi connectivity index (χ1n) is 24.4. The number of hydrogen-bond donors (Lipinski definition) is 1. The number of carbonyl (C=O) groups is 2. The molecule has 2 heterocycles. The molecule has 0 saturated carbocycles. The molecule has 0 spiro atoms. The minimum absolute atomic E-state index is 0.149. The minimum Gasteiger partial charge on any atom is -0.408 e. The smallest absolute Gasteiger partial charge is 0.330 e. The van der Waals surface area contributed by atoms with Gasteiger partial charge < -0.3 is 13.9 Å². The Morgan fingerprint density at radius 2 is 1.08 bits per heavy atom. The predicted molar refractivity (Wildman–Crippen MR) is 247 cm³/mol. The highest BCUT2D eigenvalue weighted by molar-refractivity contribution is 6.74. The van der Waals surface area contributed by atoms with Gasteiger partial charge in [0.25, 0.3) is 17.4 Å². The van der Waals surface area contributed by atoms with E-state index in [9.17, 15) is 19.2 Å². The number of H-pyrrole nitrogens is 1. The van der Waals surface area contributed by atoms with Gasteiger partial charge in [-0.3, -0.25) is 28.8 Å². The Hall–Kier alpha value is -2.12. The van der Waals surface area contributed by atoms with Crippen LogP contribution in [0, 0.1) is 0 Å². The van der Waals surface area contributed by atoms with E-state index in [1.807, 2.05) is 0 Å². The van der Waals surface area contributed by atoms with E-state index in [4.69, 9.17) is 18.7 Å². The number of amides is 2. The van der Waals surface area contributed by atoms with Crippen molar-refractivity contribution in [2.45, 2.75) is 257 Å². The standard InChI is InChI=1S/C48H89N3O8Si/c1-9-11-13-15-17-19-21-23-25-27-29-31-33-35-42(53)51(43(54)36-34-32-30-28-26-24-22-20-18-16-14-12-10-2)57-39-40-44(59-60(7,8)48(3,4)5)45(56-6)46(58-40)50-38-37-41(52)49-47(50)55/h37-38,40,44-46H,9-36,39H2,1-8H3,(H,49,52,55)/t40-,44?,45?,46-/m1/s1. The van der Waals surface area contributed by atoms with Crippen molar-refractivity contribution in [3.05, 3.63) is 33.1 Å². The van der Waals surface area contributed by atoms with Crippen molar-refractivity contribution in [2.75, 3.05) is 13.7 Å². The molecule has 1 aromatic heterocycles. The van der Waals surface area contributed by atoms with Gasteiger partial charge in [-0.1, -0.05) is 189 Å². The Balaban J connectivity index is 2.04. The Labute approximate surface area is 365 Å². The van der Waals surface area contributed by atoms with E-state index in [1.165, 1.54) is 140 Å². The second kappa shape index (κ2) is 30.8. The van der Waals surface area contributed by atoms with E-state index in [1.54, 1.807) is 0 Å². The van der Waals surface area contributed by atoms with Gasteiger partial charge in [0.1, 0.15) is 24.9 Å². The van der Waals surface area contributed by atoms with E-state index in [-0.39, 0.29) is 36.3 Å². The average Bonchev–Trinajstić information content (AvgIpc) is 3.53. The molecule has 4 atom stereocenters. The molecule has 1 saturated heterocycles. The monoisotopic (exact) mass is 864 g/mol. The van der Waals surface area contributed by atoms with Crippen LogP contribution in [0.2, 0.25) is 18.1 Å². The van der Waals surface area contributed by atoms with Crippen LogP contribution < -0.4 is 11.2 Å². The van der Waals surface area contributed by atoms with Gasteiger partial charge in [-0.05, 0) is 31.0 Å². The Morgan fingerprint density at radius 3 is 1.45 bits per heavy atom. The van der Waals surface area contributed by atoms with Crippen LogP contribution >= 0.6 is 0 Å². The minimum atomic E-state index is -2.42. The van der Waals surface area contributed by atoms with Gasteiger partial charge in [0.05, 0.1) is 0 Å². The normalized spacial score (nSPS) is 18.3. The first-order chi connectivity index (χ1) is 28.8.